The van der Waals surface area contributed by atoms with E-state index in [-0.39, 0.29) is 0 Å². The van der Waals surface area contributed by atoms with E-state index >= 15 is 0 Å². The summed E-state index contributed by atoms with van der Waals surface area (Å²) in [5, 5.41) is 0. The van der Waals surface area contributed by atoms with Crippen LogP contribution in [0.4, 0.5) is 0 Å². The van der Waals surface area contributed by atoms with E-state index in [2.05, 4.69) is 34.6 Å². The first-order chi connectivity index (χ1) is 9.02. The maximum Gasteiger partial charge on any atom is -0.0298 e. The molecule has 0 N–H and O–H groups in total. The van der Waals surface area contributed by atoms with Gasteiger partial charge in [0.2, 0.25) is 0 Å². The van der Waals surface area contributed by atoms with Gasteiger partial charge in [-0.05, 0) is 42.4 Å². The van der Waals surface area contributed by atoms with Gasteiger partial charge in [-0.15, -0.1) is 0 Å². The van der Waals surface area contributed by atoms with Crippen molar-refractivity contribution in [3.05, 3.63) is 0 Å². The Morgan fingerprint density at radius 2 is 1.53 bits per heavy atom. The van der Waals surface area contributed by atoms with Crippen LogP contribution in [0, 0.1) is 23.2 Å². The number of rotatable bonds is 8. The molecule has 0 radical (unpaired) electrons. The molecule has 114 valence electrons. The smallest absolute Gasteiger partial charge is 0.0298 e. The Kier molecular flexibility index (Phi) is 7.47. The van der Waals surface area contributed by atoms with E-state index in [0.717, 1.165) is 17.8 Å². The lowest BCUT2D eigenvalue weighted by Crippen LogP contribution is -2.35. The number of unbranched alkanes of at least 4 members (excludes halogenated alkanes) is 2. The molecule has 0 amide bonds. The zero-order valence-corrected chi connectivity index (χ0v) is 14.3. The summed E-state index contributed by atoms with van der Waals surface area (Å²) in [6, 6.07) is 0. The topological polar surface area (TPSA) is 0 Å². The van der Waals surface area contributed by atoms with Gasteiger partial charge in [-0.1, -0.05) is 79.6 Å². The minimum absolute atomic E-state index is 0.573. The Labute approximate surface area is 122 Å². The third-order valence-corrected chi connectivity index (χ3v) is 5.91. The first kappa shape index (κ1) is 17.1. The lowest BCUT2D eigenvalue weighted by molar-refractivity contribution is 0.0592. The van der Waals surface area contributed by atoms with Gasteiger partial charge < -0.3 is 0 Å². The van der Waals surface area contributed by atoms with Gasteiger partial charge in [-0.3, -0.25) is 0 Å². The highest BCUT2D eigenvalue weighted by Gasteiger charge is 2.37. The van der Waals surface area contributed by atoms with Crippen LogP contribution in [0.2, 0.25) is 0 Å². The van der Waals surface area contributed by atoms with E-state index in [0.29, 0.717) is 5.41 Å². The van der Waals surface area contributed by atoms with Gasteiger partial charge >= 0.3 is 0 Å². The minimum Gasteiger partial charge on any atom is -0.0654 e. The largest absolute Gasteiger partial charge is 0.0654 e. The van der Waals surface area contributed by atoms with Crippen LogP contribution in [-0.4, -0.2) is 0 Å². The molecule has 1 atom stereocenters. The summed E-state index contributed by atoms with van der Waals surface area (Å²) in [5.41, 5.74) is 0.573. The van der Waals surface area contributed by atoms with Crippen LogP contribution < -0.4 is 0 Å². The monoisotopic (exact) mass is 266 g/mol. The molecule has 1 unspecified atom stereocenters. The average molecular weight is 267 g/mol. The molecule has 1 rings (SSSR count). The normalized spacial score (nSPS) is 26.4. The Hall–Kier alpha value is 0. The molecule has 19 heavy (non-hydrogen) atoms. The SMILES string of the molecule is CCCCCC(CCC)C(C)(C)C1CCC(C)CC1. The van der Waals surface area contributed by atoms with E-state index in [9.17, 15) is 0 Å². The van der Waals surface area contributed by atoms with Gasteiger partial charge in [-0.2, -0.15) is 0 Å². The van der Waals surface area contributed by atoms with Gasteiger partial charge in [0, 0.05) is 0 Å². The van der Waals surface area contributed by atoms with Crippen molar-refractivity contribution in [1.82, 2.24) is 0 Å². The fourth-order valence-electron chi connectivity index (χ4n) is 4.21. The van der Waals surface area contributed by atoms with Crippen LogP contribution in [-0.2, 0) is 0 Å². The van der Waals surface area contributed by atoms with E-state index in [4.69, 9.17) is 0 Å². The Morgan fingerprint density at radius 3 is 2.05 bits per heavy atom. The zero-order valence-electron chi connectivity index (χ0n) is 14.3. The maximum absolute atomic E-state index is 2.58. The van der Waals surface area contributed by atoms with Gasteiger partial charge in [0.25, 0.3) is 0 Å². The molecule has 1 aliphatic rings. The summed E-state index contributed by atoms with van der Waals surface area (Å²) in [6.45, 7) is 12.3. The fraction of sp³-hybridized carbons (Fsp3) is 1.00. The number of hydrogen-bond donors (Lipinski definition) is 0. The lowest BCUT2D eigenvalue weighted by atomic mass is 9.61. The summed E-state index contributed by atoms with van der Waals surface area (Å²) in [6.07, 6.45) is 14.5. The predicted molar refractivity (Wildman–Crippen MR) is 87.4 cm³/mol. The highest BCUT2D eigenvalue weighted by atomic mass is 14.4. The molecule has 0 aromatic heterocycles. The van der Waals surface area contributed by atoms with Crippen LogP contribution >= 0.6 is 0 Å². The first-order valence-corrected chi connectivity index (χ1v) is 9.02. The average Bonchev–Trinajstić information content (AvgIpc) is 2.38. The van der Waals surface area contributed by atoms with Gasteiger partial charge in [-0.25, -0.2) is 0 Å². The highest BCUT2D eigenvalue weighted by Crippen LogP contribution is 2.47. The van der Waals surface area contributed by atoms with Crippen molar-refractivity contribution in [2.45, 2.75) is 98.8 Å². The van der Waals surface area contributed by atoms with Crippen molar-refractivity contribution in [3.8, 4) is 0 Å². The van der Waals surface area contributed by atoms with Crippen LogP contribution in [0.5, 0.6) is 0 Å². The summed E-state index contributed by atoms with van der Waals surface area (Å²) in [7, 11) is 0. The van der Waals surface area contributed by atoms with Crippen molar-refractivity contribution in [2.24, 2.45) is 23.2 Å². The Balaban J connectivity index is 2.57. The van der Waals surface area contributed by atoms with Crippen molar-refractivity contribution < 1.29 is 0 Å². The third-order valence-electron chi connectivity index (χ3n) is 5.91. The zero-order chi connectivity index (χ0) is 14.3. The molecular formula is C19H38. The second-order valence-electron chi connectivity index (χ2n) is 7.76. The van der Waals surface area contributed by atoms with Gasteiger partial charge in [0.05, 0.1) is 0 Å². The molecule has 0 heterocycles. The first-order valence-electron chi connectivity index (χ1n) is 9.02. The second-order valence-corrected chi connectivity index (χ2v) is 7.76. The maximum atomic E-state index is 2.58. The van der Waals surface area contributed by atoms with Crippen LogP contribution in [0.3, 0.4) is 0 Å². The Morgan fingerprint density at radius 1 is 0.895 bits per heavy atom. The molecular weight excluding hydrogens is 228 g/mol. The lowest BCUT2D eigenvalue weighted by Gasteiger charge is -2.44. The van der Waals surface area contributed by atoms with Crippen LogP contribution in [0.25, 0.3) is 0 Å². The molecule has 1 aliphatic carbocycles. The summed E-state index contributed by atoms with van der Waals surface area (Å²) < 4.78 is 0. The standard InChI is InChI=1S/C19H38/c1-6-8-9-11-17(10-7-2)19(4,5)18-14-12-16(3)13-15-18/h16-18H,6-15H2,1-5H3. The van der Waals surface area contributed by atoms with Crippen molar-refractivity contribution in [2.75, 3.05) is 0 Å². The summed E-state index contributed by atoms with van der Waals surface area (Å²) in [5.74, 6) is 2.93. The van der Waals surface area contributed by atoms with Crippen LogP contribution in [0.15, 0.2) is 0 Å². The van der Waals surface area contributed by atoms with Crippen molar-refractivity contribution >= 4 is 0 Å². The molecule has 0 aromatic carbocycles. The van der Waals surface area contributed by atoms with E-state index in [1.807, 2.05) is 0 Å². The fourth-order valence-corrected chi connectivity index (χ4v) is 4.21. The molecule has 0 nitrogen and oxygen atoms in total. The summed E-state index contributed by atoms with van der Waals surface area (Å²) >= 11 is 0. The quantitative estimate of drug-likeness (QED) is 0.422. The second kappa shape index (κ2) is 8.32. The molecule has 0 aliphatic heterocycles. The number of hydrogen-bond acceptors (Lipinski definition) is 0. The molecule has 0 heteroatoms. The molecule has 0 spiro atoms. The van der Waals surface area contributed by atoms with Crippen LogP contribution in [0.1, 0.15) is 98.8 Å². The van der Waals surface area contributed by atoms with E-state index in [1.54, 1.807) is 0 Å². The summed E-state index contributed by atoms with van der Waals surface area (Å²) in [4.78, 5) is 0. The minimum atomic E-state index is 0.573. The predicted octanol–water partition coefficient (Wildman–Crippen LogP) is 6.84. The van der Waals surface area contributed by atoms with E-state index < -0.39 is 0 Å². The van der Waals surface area contributed by atoms with E-state index in [1.165, 1.54) is 64.2 Å². The molecule has 0 aromatic rings. The van der Waals surface area contributed by atoms with Crippen molar-refractivity contribution in [1.29, 1.82) is 0 Å². The van der Waals surface area contributed by atoms with Gasteiger partial charge in [0.15, 0.2) is 0 Å². The Bertz CT molecular complexity index is 220. The third kappa shape index (κ3) is 5.12. The highest BCUT2D eigenvalue weighted by molar-refractivity contribution is 4.87. The molecule has 0 saturated heterocycles. The molecule has 1 fully saturated rings. The van der Waals surface area contributed by atoms with Gasteiger partial charge in [0.1, 0.15) is 0 Å². The molecule has 1 saturated carbocycles. The molecule has 0 bridgehead atoms. The van der Waals surface area contributed by atoms with Crippen molar-refractivity contribution in [3.63, 3.8) is 0 Å².